The van der Waals surface area contributed by atoms with Gasteiger partial charge in [0.2, 0.25) is 0 Å². The van der Waals surface area contributed by atoms with Crippen LogP contribution in [0.2, 0.25) is 0 Å². The molecule has 0 bridgehead atoms. The number of ether oxygens (including phenoxy) is 3. The molecule has 1 aromatic carbocycles. The number of hydrogen-bond acceptors (Lipinski definition) is 5. The number of methoxy groups -OCH3 is 1. The number of carbonyl (C=O) groups is 1. The first kappa shape index (κ1) is 18.5. The topological polar surface area (TPSA) is 82.8 Å². The van der Waals surface area contributed by atoms with Gasteiger partial charge in [-0.05, 0) is 18.9 Å². The molecule has 0 spiro atoms. The van der Waals surface area contributed by atoms with Crippen LogP contribution in [0.15, 0.2) is 18.2 Å². The van der Waals surface area contributed by atoms with Gasteiger partial charge in [-0.25, -0.2) is 0 Å². The second kappa shape index (κ2) is 9.50. The second-order valence-electron chi connectivity index (χ2n) is 4.97. The lowest BCUT2D eigenvalue weighted by Gasteiger charge is -2.16. The summed E-state index contributed by atoms with van der Waals surface area (Å²) in [6, 6.07) is 5.61. The van der Waals surface area contributed by atoms with Crippen LogP contribution in [-0.2, 0) is 16.1 Å². The molecule has 1 aromatic rings. The van der Waals surface area contributed by atoms with Crippen molar-refractivity contribution in [3.05, 3.63) is 23.8 Å². The Kier molecular flexibility index (Phi) is 8.01. The van der Waals surface area contributed by atoms with Crippen molar-refractivity contribution in [3.63, 3.8) is 0 Å². The van der Waals surface area contributed by atoms with Crippen LogP contribution in [0, 0.1) is 0 Å². The normalized spacial score (nSPS) is 16.9. The van der Waals surface area contributed by atoms with E-state index < -0.39 is 5.91 Å². The summed E-state index contributed by atoms with van der Waals surface area (Å²) in [4.78, 5) is 10.9. The van der Waals surface area contributed by atoms with Gasteiger partial charge in [-0.15, -0.1) is 0 Å². The zero-order valence-corrected chi connectivity index (χ0v) is 13.4. The first-order valence-corrected chi connectivity index (χ1v) is 7.10. The summed E-state index contributed by atoms with van der Waals surface area (Å²) in [5.74, 6) is 0.630. The zero-order valence-electron chi connectivity index (χ0n) is 12.6. The minimum absolute atomic E-state index is 0. The summed E-state index contributed by atoms with van der Waals surface area (Å²) >= 11 is 0. The molecule has 0 saturated carbocycles. The molecule has 2 rings (SSSR count). The number of amides is 1. The molecule has 1 saturated heterocycles. The minimum Gasteiger partial charge on any atom is -1.00 e. The molecule has 1 heterocycles. The molecule has 0 aromatic heterocycles. The first-order valence-electron chi connectivity index (χ1n) is 7.10. The number of hydrogen-bond donors (Lipinski definition) is 2. The van der Waals surface area contributed by atoms with E-state index in [9.17, 15) is 4.79 Å². The predicted octanol–water partition coefficient (Wildman–Crippen LogP) is -2.17. The first-order chi connectivity index (χ1) is 10.2. The van der Waals surface area contributed by atoms with E-state index in [1.54, 1.807) is 13.2 Å². The second-order valence-corrected chi connectivity index (χ2v) is 4.97. The van der Waals surface area contributed by atoms with E-state index in [0.29, 0.717) is 18.0 Å². The van der Waals surface area contributed by atoms with Crippen molar-refractivity contribution >= 4 is 5.91 Å². The van der Waals surface area contributed by atoms with Crippen molar-refractivity contribution in [2.24, 2.45) is 5.73 Å². The van der Waals surface area contributed by atoms with Gasteiger partial charge in [-0.3, -0.25) is 4.79 Å². The molecular weight excluding hydrogens is 308 g/mol. The predicted molar refractivity (Wildman–Crippen MR) is 78.4 cm³/mol. The molecule has 0 aliphatic carbocycles. The molecule has 1 atom stereocenters. The fourth-order valence-corrected chi connectivity index (χ4v) is 2.34. The van der Waals surface area contributed by atoms with Gasteiger partial charge in [-0.2, -0.15) is 0 Å². The fraction of sp³-hybridized carbons (Fsp3) is 0.533. The molecule has 7 heteroatoms. The zero-order chi connectivity index (χ0) is 15.1. The summed E-state index contributed by atoms with van der Waals surface area (Å²) in [6.45, 7) is 2.09. The van der Waals surface area contributed by atoms with Gasteiger partial charge < -0.3 is 37.7 Å². The summed E-state index contributed by atoms with van der Waals surface area (Å²) in [5, 5.41) is 3.35. The fourth-order valence-electron chi connectivity index (χ4n) is 2.34. The van der Waals surface area contributed by atoms with Gasteiger partial charge in [0.15, 0.2) is 18.1 Å². The highest BCUT2D eigenvalue weighted by atomic mass is 35.5. The Balaban J connectivity index is 0.00000242. The number of benzene rings is 1. The lowest BCUT2D eigenvalue weighted by Crippen LogP contribution is -3.00. The smallest absolute Gasteiger partial charge is 0.255 e. The molecule has 124 valence electrons. The summed E-state index contributed by atoms with van der Waals surface area (Å²) in [7, 11) is 1.57. The lowest BCUT2D eigenvalue weighted by atomic mass is 10.1. The largest absolute Gasteiger partial charge is 1.00 e. The number of nitrogens with two attached hydrogens (primary N) is 1. The minimum atomic E-state index is -0.515. The molecule has 1 unspecified atom stereocenters. The highest BCUT2D eigenvalue weighted by Gasteiger charge is 2.16. The monoisotopic (exact) mass is 329 g/mol. The Morgan fingerprint density at radius 1 is 1.50 bits per heavy atom. The molecule has 0 radical (unpaired) electrons. The van der Waals surface area contributed by atoms with E-state index in [4.69, 9.17) is 19.9 Å². The lowest BCUT2D eigenvalue weighted by molar-refractivity contribution is -0.119. The molecule has 3 N–H and O–H groups in total. The van der Waals surface area contributed by atoms with Crippen molar-refractivity contribution in [3.8, 4) is 11.5 Å². The quantitative estimate of drug-likeness (QED) is 0.567. The van der Waals surface area contributed by atoms with Gasteiger partial charge in [-0.1, -0.05) is 12.1 Å². The van der Waals surface area contributed by atoms with Gasteiger partial charge in [0, 0.05) is 25.3 Å². The van der Waals surface area contributed by atoms with Gasteiger partial charge in [0.05, 0.1) is 13.2 Å². The van der Waals surface area contributed by atoms with Crippen LogP contribution >= 0.6 is 0 Å². The third-order valence-corrected chi connectivity index (χ3v) is 3.35. The average Bonchev–Trinajstić information content (AvgIpc) is 2.98. The molecular formula is C15H22ClN2O4-. The molecule has 1 amide bonds. The van der Waals surface area contributed by atoms with Crippen molar-refractivity contribution < 1.29 is 31.4 Å². The van der Waals surface area contributed by atoms with E-state index in [0.717, 1.165) is 31.6 Å². The Morgan fingerprint density at radius 2 is 2.32 bits per heavy atom. The van der Waals surface area contributed by atoms with Crippen LogP contribution in [0.4, 0.5) is 0 Å². The van der Waals surface area contributed by atoms with Crippen molar-refractivity contribution in [2.75, 3.05) is 26.9 Å². The van der Waals surface area contributed by atoms with Crippen molar-refractivity contribution in [1.82, 2.24) is 5.32 Å². The standard InChI is InChI=1S/C15H22N2O4.ClH/c1-19-13-6-2-4-11(15(13)21-10-14(16)18)8-17-9-12-5-3-7-20-12;/h2,4,6,12,17H,3,5,7-10H2,1H3,(H2,16,18);1H/p-1. The van der Waals surface area contributed by atoms with Crippen LogP contribution in [0.3, 0.4) is 0 Å². The summed E-state index contributed by atoms with van der Waals surface area (Å²) in [5.41, 5.74) is 6.05. The summed E-state index contributed by atoms with van der Waals surface area (Å²) < 4.78 is 16.3. The summed E-state index contributed by atoms with van der Waals surface area (Å²) in [6.07, 6.45) is 2.50. The number of para-hydroxylation sites is 1. The van der Waals surface area contributed by atoms with Gasteiger partial charge in [0.1, 0.15) is 0 Å². The third kappa shape index (κ3) is 5.36. The Hall–Kier alpha value is -1.50. The van der Waals surface area contributed by atoms with Crippen molar-refractivity contribution in [1.29, 1.82) is 0 Å². The maximum absolute atomic E-state index is 10.9. The molecule has 22 heavy (non-hydrogen) atoms. The highest BCUT2D eigenvalue weighted by molar-refractivity contribution is 5.75. The number of rotatable bonds is 8. The number of nitrogens with one attached hydrogen (secondary N) is 1. The van der Waals surface area contributed by atoms with Crippen molar-refractivity contribution in [2.45, 2.75) is 25.5 Å². The Bertz CT molecular complexity index is 479. The molecule has 1 fully saturated rings. The maximum atomic E-state index is 10.9. The third-order valence-electron chi connectivity index (χ3n) is 3.35. The Morgan fingerprint density at radius 3 is 2.95 bits per heavy atom. The average molecular weight is 330 g/mol. The van der Waals surface area contributed by atoms with Gasteiger partial charge in [0.25, 0.3) is 5.91 Å². The molecule has 6 nitrogen and oxygen atoms in total. The van der Waals surface area contributed by atoms with Gasteiger partial charge >= 0.3 is 0 Å². The van der Waals surface area contributed by atoms with E-state index in [1.165, 1.54) is 0 Å². The number of carbonyl (C=O) groups excluding carboxylic acids is 1. The number of primary amides is 1. The van der Waals surface area contributed by atoms with Crippen LogP contribution in [0.25, 0.3) is 0 Å². The van der Waals surface area contributed by atoms with Crippen LogP contribution in [0.1, 0.15) is 18.4 Å². The van der Waals surface area contributed by atoms with E-state index in [1.807, 2.05) is 12.1 Å². The van der Waals surface area contributed by atoms with Crippen LogP contribution in [0.5, 0.6) is 11.5 Å². The maximum Gasteiger partial charge on any atom is 0.255 e. The van der Waals surface area contributed by atoms with Crippen LogP contribution < -0.4 is 32.9 Å². The molecule has 1 aliphatic heterocycles. The SMILES string of the molecule is COc1cccc(CNCC2CCCO2)c1OCC(N)=O.[Cl-]. The van der Waals surface area contributed by atoms with E-state index >= 15 is 0 Å². The number of halogens is 1. The van der Waals surface area contributed by atoms with Crippen LogP contribution in [-0.4, -0.2) is 38.9 Å². The van der Waals surface area contributed by atoms with E-state index in [-0.39, 0.29) is 25.1 Å². The highest BCUT2D eigenvalue weighted by Crippen LogP contribution is 2.31. The Labute approximate surface area is 136 Å². The van der Waals surface area contributed by atoms with E-state index in [2.05, 4.69) is 5.32 Å². The molecule has 1 aliphatic rings.